The molecule has 1 aromatic heterocycles. The summed E-state index contributed by atoms with van der Waals surface area (Å²) >= 11 is 1.81. The van der Waals surface area contributed by atoms with Gasteiger partial charge >= 0.3 is 0 Å². The Morgan fingerprint density at radius 1 is 1.50 bits per heavy atom. The van der Waals surface area contributed by atoms with Gasteiger partial charge in [0.2, 0.25) is 0 Å². The minimum Gasteiger partial charge on any atom is -0.468 e. The fourth-order valence-electron chi connectivity index (χ4n) is 0.787. The largest absolute Gasteiger partial charge is 0.468 e. The van der Waals surface area contributed by atoms with E-state index < -0.39 is 0 Å². The van der Waals surface area contributed by atoms with Gasteiger partial charge in [0, 0.05) is 12.3 Å². The van der Waals surface area contributed by atoms with Crippen molar-refractivity contribution in [1.82, 2.24) is 0 Å². The number of rotatable bonds is 5. The summed E-state index contributed by atoms with van der Waals surface area (Å²) < 4.78 is 5.17. The maximum absolute atomic E-state index is 5.29. The summed E-state index contributed by atoms with van der Waals surface area (Å²) in [6, 6.07) is 3.89. The van der Waals surface area contributed by atoms with Gasteiger partial charge in [-0.05, 0) is 12.1 Å². The van der Waals surface area contributed by atoms with Crippen molar-refractivity contribution >= 4 is 11.8 Å². The standard InChI is InChI=1S/C9H13NOS/c10-5-1-2-7-12-8-9-4-3-6-11-9/h1-4,6H,5,7-8,10H2. The zero-order valence-corrected chi connectivity index (χ0v) is 7.72. The average Bonchev–Trinajstić information content (AvgIpc) is 2.57. The normalized spacial score (nSPS) is 11.1. The van der Waals surface area contributed by atoms with Crippen LogP contribution in [0.5, 0.6) is 0 Å². The summed E-state index contributed by atoms with van der Waals surface area (Å²) in [5.41, 5.74) is 5.29. The van der Waals surface area contributed by atoms with Crippen LogP contribution in [0.15, 0.2) is 35.0 Å². The molecule has 0 fully saturated rings. The van der Waals surface area contributed by atoms with E-state index in [9.17, 15) is 0 Å². The molecule has 0 aliphatic carbocycles. The first-order valence-corrected chi connectivity index (χ1v) is 5.04. The molecule has 0 bridgehead atoms. The third-order valence-electron chi connectivity index (χ3n) is 1.34. The number of hydrogen-bond acceptors (Lipinski definition) is 3. The van der Waals surface area contributed by atoms with E-state index in [1.54, 1.807) is 6.26 Å². The van der Waals surface area contributed by atoms with E-state index in [2.05, 4.69) is 6.08 Å². The number of nitrogens with two attached hydrogens (primary N) is 1. The van der Waals surface area contributed by atoms with Gasteiger partial charge in [0.25, 0.3) is 0 Å². The van der Waals surface area contributed by atoms with Crippen LogP contribution in [-0.4, -0.2) is 12.3 Å². The van der Waals surface area contributed by atoms with Gasteiger partial charge in [-0.15, -0.1) is 11.8 Å². The lowest BCUT2D eigenvalue weighted by Crippen LogP contribution is -1.92. The van der Waals surface area contributed by atoms with E-state index in [0.29, 0.717) is 6.54 Å². The van der Waals surface area contributed by atoms with Crippen molar-refractivity contribution in [2.24, 2.45) is 5.73 Å². The number of hydrogen-bond donors (Lipinski definition) is 1. The Hall–Kier alpha value is -0.670. The minimum atomic E-state index is 0.626. The highest BCUT2D eigenvalue weighted by molar-refractivity contribution is 7.98. The van der Waals surface area contributed by atoms with Crippen LogP contribution in [0.2, 0.25) is 0 Å². The summed E-state index contributed by atoms with van der Waals surface area (Å²) in [6.45, 7) is 0.626. The first kappa shape index (κ1) is 9.42. The van der Waals surface area contributed by atoms with E-state index >= 15 is 0 Å². The van der Waals surface area contributed by atoms with E-state index in [4.69, 9.17) is 10.2 Å². The molecular formula is C9H13NOS. The Kier molecular flexibility index (Phi) is 4.64. The van der Waals surface area contributed by atoms with Crippen molar-refractivity contribution < 1.29 is 4.42 Å². The van der Waals surface area contributed by atoms with Crippen LogP contribution >= 0.6 is 11.8 Å². The van der Waals surface area contributed by atoms with Crippen molar-refractivity contribution in [3.8, 4) is 0 Å². The molecule has 0 spiro atoms. The molecule has 1 rings (SSSR count). The lowest BCUT2D eigenvalue weighted by molar-refractivity contribution is 0.530. The summed E-state index contributed by atoms with van der Waals surface area (Å²) in [5.74, 6) is 2.96. The molecule has 66 valence electrons. The topological polar surface area (TPSA) is 39.2 Å². The fourth-order valence-corrected chi connectivity index (χ4v) is 1.54. The molecule has 2 nitrogen and oxygen atoms in total. The second-order valence-electron chi connectivity index (χ2n) is 2.30. The third kappa shape index (κ3) is 3.64. The predicted molar refractivity (Wildman–Crippen MR) is 53.1 cm³/mol. The van der Waals surface area contributed by atoms with Gasteiger partial charge in [-0.25, -0.2) is 0 Å². The van der Waals surface area contributed by atoms with Crippen molar-refractivity contribution in [1.29, 1.82) is 0 Å². The molecule has 0 atom stereocenters. The number of thioether (sulfide) groups is 1. The van der Waals surface area contributed by atoms with E-state index in [-0.39, 0.29) is 0 Å². The SMILES string of the molecule is NCC=CCSCc1ccco1. The van der Waals surface area contributed by atoms with Crippen LogP contribution in [0.4, 0.5) is 0 Å². The van der Waals surface area contributed by atoms with Gasteiger partial charge in [0.05, 0.1) is 12.0 Å². The molecule has 0 saturated heterocycles. The smallest absolute Gasteiger partial charge is 0.113 e. The second-order valence-corrected chi connectivity index (χ2v) is 3.33. The Morgan fingerprint density at radius 3 is 3.08 bits per heavy atom. The maximum atomic E-state index is 5.29. The van der Waals surface area contributed by atoms with Gasteiger partial charge in [0.1, 0.15) is 5.76 Å². The fraction of sp³-hybridized carbons (Fsp3) is 0.333. The van der Waals surface area contributed by atoms with Gasteiger partial charge in [0.15, 0.2) is 0 Å². The Labute approximate surface area is 76.8 Å². The van der Waals surface area contributed by atoms with Crippen LogP contribution in [0, 0.1) is 0 Å². The van der Waals surface area contributed by atoms with Gasteiger partial charge in [-0.1, -0.05) is 12.2 Å². The lowest BCUT2D eigenvalue weighted by Gasteiger charge is -1.92. The quantitative estimate of drug-likeness (QED) is 0.560. The van der Waals surface area contributed by atoms with E-state index in [1.807, 2.05) is 30.0 Å². The highest BCUT2D eigenvalue weighted by Gasteiger charge is 1.92. The molecule has 0 aliphatic heterocycles. The van der Waals surface area contributed by atoms with Crippen molar-refractivity contribution in [2.75, 3.05) is 12.3 Å². The van der Waals surface area contributed by atoms with E-state index in [0.717, 1.165) is 17.3 Å². The van der Waals surface area contributed by atoms with Crippen molar-refractivity contribution in [3.05, 3.63) is 36.3 Å². The maximum Gasteiger partial charge on any atom is 0.113 e. The molecular weight excluding hydrogens is 170 g/mol. The molecule has 12 heavy (non-hydrogen) atoms. The summed E-state index contributed by atoms with van der Waals surface area (Å²) in [6.07, 6.45) is 5.74. The van der Waals surface area contributed by atoms with Crippen LogP contribution in [0.3, 0.4) is 0 Å². The number of furan rings is 1. The van der Waals surface area contributed by atoms with E-state index in [1.165, 1.54) is 0 Å². The molecule has 1 heterocycles. The Bertz CT molecular complexity index is 218. The Balaban J connectivity index is 2.07. The second kappa shape index (κ2) is 5.91. The lowest BCUT2D eigenvalue weighted by atomic mass is 10.5. The highest BCUT2D eigenvalue weighted by atomic mass is 32.2. The molecule has 3 heteroatoms. The monoisotopic (exact) mass is 183 g/mol. The molecule has 0 radical (unpaired) electrons. The molecule has 0 aliphatic rings. The molecule has 0 amide bonds. The molecule has 2 N–H and O–H groups in total. The molecule has 0 unspecified atom stereocenters. The van der Waals surface area contributed by atoms with Gasteiger partial charge in [-0.3, -0.25) is 0 Å². The van der Waals surface area contributed by atoms with Crippen molar-refractivity contribution in [3.63, 3.8) is 0 Å². The van der Waals surface area contributed by atoms with Crippen LogP contribution in [0.25, 0.3) is 0 Å². The van der Waals surface area contributed by atoms with Gasteiger partial charge in [-0.2, -0.15) is 0 Å². The van der Waals surface area contributed by atoms with Crippen LogP contribution in [-0.2, 0) is 5.75 Å². The summed E-state index contributed by atoms with van der Waals surface area (Å²) in [5, 5.41) is 0. The molecule has 0 aromatic carbocycles. The first-order chi connectivity index (χ1) is 5.93. The van der Waals surface area contributed by atoms with Crippen molar-refractivity contribution in [2.45, 2.75) is 5.75 Å². The average molecular weight is 183 g/mol. The summed E-state index contributed by atoms with van der Waals surface area (Å²) in [4.78, 5) is 0. The Morgan fingerprint density at radius 2 is 2.42 bits per heavy atom. The first-order valence-electron chi connectivity index (χ1n) is 3.88. The predicted octanol–water partition coefficient (Wildman–Crippen LogP) is 2.03. The third-order valence-corrected chi connectivity index (χ3v) is 2.26. The van der Waals surface area contributed by atoms with Gasteiger partial charge < -0.3 is 10.2 Å². The zero-order valence-electron chi connectivity index (χ0n) is 6.90. The minimum absolute atomic E-state index is 0.626. The van der Waals surface area contributed by atoms with Crippen LogP contribution < -0.4 is 5.73 Å². The van der Waals surface area contributed by atoms with Crippen LogP contribution in [0.1, 0.15) is 5.76 Å². The molecule has 1 aromatic rings. The zero-order chi connectivity index (χ0) is 8.65. The highest BCUT2D eigenvalue weighted by Crippen LogP contribution is 2.11. The molecule has 0 saturated carbocycles. The summed E-state index contributed by atoms with van der Waals surface area (Å²) in [7, 11) is 0.